The van der Waals surface area contributed by atoms with Gasteiger partial charge in [0.05, 0.1) is 22.7 Å². The summed E-state index contributed by atoms with van der Waals surface area (Å²) in [4.78, 5) is 20.3. The molecule has 0 radical (unpaired) electrons. The molecule has 112 valence electrons. The number of piperazine rings is 1. The van der Waals surface area contributed by atoms with Crippen molar-refractivity contribution in [3.63, 3.8) is 0 Å². The highest BCUT2D eigenvalue weighted by molar-refractivity contribution is 6.33. The number of carbonyl (C=O) groups is 1. The second-order valence-electron chi connectivity index (χ2n) is 5.12. The topological polar surface area (TPSA) is 60.2 Å². The normalized spacial score (nSPS) is 17.3. The summed E-state index contributed by atoms with van der Waals surface area (Å²) in [5, 5.41) is 9.58. The highest BCUT2D eigenvalue weighted by Gasteiger charge is 2.26. The monoisotopic (exact) mass is 306 g/mol. The van der Waals surface area contributed by atoms with Gasteiger partial charge in [-0.25, -0.2) is 0 Å². The average molecular weight is 307 g/mol. The molecule has 1 amide bonds. The van der Waals surface area contributed by atoms with E-state index in [0.717, 1.165) is 25.9 Å². The quantitative estimate of drug-likeness (QED) is 0.855. The Balaban J connectivity index is 1.97. The lowest BCUT2D eigenvalue weighted by molar-refractivity contribution is 0.0601. The molecular weight excluding hydrogens is 288 g/mol. The van der Waals surface area contributed by atoms with Crippen LogP contribution in [-0.4, -0.2) is 52.9 Å². The van der Waals surface area contributed by atoms with Crippen LogP contribution in [0.4, 0.5) is 0 Å². The van der Waals surface area contributed by atoms with Crippen LogP contribution in [0, 0.1) is 11.3 Å². The highest BCUT2D eigenvalue weighted by atomic mass is 35.5. The molecular formula is C15H19ClN4O. The first-order valence-corrected chi connectivity index (χ1v) is 7.57. The van der Waals surface area contributed by atoms with E-state index in [4.69, 9.17) is 11.6 Å². The molecule has 1 aromatic heterocycles. The van der Waals surface area contributed by atoms with Crippen molar-refractivity contribution in [2.24, 2.45) is 0 Å². The smallest absolute Gasteiger partial charge is 0.255 e. The zero-order valence-corrected chi connectivity index (χ0v) is 12.9. The minimum atomic E-state index is -0.0638. The second-order valence-corrected chi connectivity index (χ2v) is 5.52. The molecule has 1 atom stereocenters. The first-order valence-electron chi connectivity index (χ1n) is 7.19. The van der Waals surface area contributed by atoms with E-state index in [1.807, 2.05) is 0 Å². The van der Waals surface area contributed by atoms with Crippen LogP contribution < -0.4 is 0 Å². The zero-order chi connectivity index (χ0) is 15.2. The van der Waals surface area contributed by atoms with E-state index in [9.17, 15) is 10.1 Å². The maximum atomic E-state index is 12.4. The van der Waals surface area contributed by atoms with Gasteiger partial charge in [-0.2, -0.15) is 5.26 Å². The maximum absolute atomic E-state index is 12.4. The highest BCUT2D eigenvalue weighted by Crippen LogP contribution is 2.18. The summed E-state index contributed by atoms with van der Waals surface area (Å²) in [7, 11) is 0. The molecule has 5 nitrogen and oxygen atoms in total. The van der Waals surface area contributed by atoms with E-state index in [-0.39, 0.29) is 11.9 Å². The first-order chi connectivity index (χ1) is 10.2. The summed E-state index contributed by atoms with van der Waals surface area (Å²) in [6.45, 7) is 4.79. The zero-order valence-electron chi connectivity index (χ0n) is 12.1. The van der Waals surface area contributed by atoms with E-state index >= 15 is 0 Å². The Kier molecular flexibility index (Phi) is 5.54. The van der Waals surface area contributed by atoms with Gasteiger partial charge < -0.3 is 4.90 Å². The van der Waals surface area contributed by atoms with E-state index < -0.39 is 0 Å². The van der Waals surface area contributed by atoms with Crippen LogP contribution in [-0.2, 0) is 0 Å². The van der Waals surface area contributed by atoms with Gasteiger partial charge in [0, 0.05) is 38.6 Å². The molecule has 1 aliphatic heterocycles. The number of nitriles is 1. The van der Waals surface area contributed by atoms with Crippen LogP contribution >= 0.6 is 11.6 Å². The van der Waals surface area contributed by atoms with Crippen molar-refractivity contribution < 1.29 is 4.79 Å². The van der Waals surface area contributed by atoms with Gasteiger partial charge in [0.25, 0.3) is 5.91 Å². The van der Waals surface area contributed by atoms with E-state index in [0.29, 0.717) is 23.7 Å². The lowest BCUT2D eigenvalue weighted by atomic mass is 10.1. The summed E-state index contributed by atoms with van der Waals surface area (Å²) >= 11 is 6.02. The van der Waals surface area contributed by atoms with Crippen molar-refractivity contribution in [1.82, 2.24) is 14.8 Å². The van der Waals surface area contributed by atoms with Gasteiger partial charge in [-0.15, -0.1) is 0 Å². The molecule has 0 bridgehead atoms. The lowest BCUT2D eigenvalue weighted by Crippen LogP contribution is -2.51. The molecule has 0 aliphatic carbocycles. The Labute approximate surface area is 130 Å². The van der Waals surface area contributed by atoms with Gasteiger partial charge in [0.2, 0.25) is 0 Å². The number of hydrogen-bond acceptors (Lipinski definition) is 4. The summed E-state index contributed by atoms with van der Waals surface area (Å²) in [6.07, 6.45) is 4.92. The fraction of sp³-hybridized carbons (Fsp3) is 0.533. The number of pyridine rings is 1. The van der Waals surface area contributed by atoms with Crippen molar-refractivity contribution >= 4 is 17.5 Å². The van der Waals surface area contributed by atoms with Gasteiger partial charge >= 0.3 is 0 Å². The van der Waals surface area contributed by atoms with Gasteiger partial charge in [0.15, 0.2) is 0 Å². The van der Waals surface area contributed by atoms with Crippen LogP contribution in [0.1, 0.15) is 30.1 Å². The Morgan fingerprint density at radius 1 is 1.48 bits per heavy atom. The molecule has 0 aromatic carbocycles. The standard InChI is InChI=1S/C15H19ClN4O/c1-2-3-12(10-17)19-6-8-20(9-7-19)15(21)13-4-5-18-11-14(13)16/h4-5,11-12H,2-3,6-9H2,1H3. The van der Waals surface area contributed by atoms with E-state index in [1.165, 1.54) is 6.20 Å². The first kappa shape index (κ1) is 15.7. The summed E-state index contributed by atoms with van der Waals surface area (Å²) in [6, 6.07) is 3.95. The Morgan fingerprint density at radius 2 is 2.19 bits per heavy atom. The average Bonchev–Trinajstić information content (AvgIpc) is 2.52. The lowest BCUT2D eigenvalue weighted by Gasteiger charge is -2.37. The van der Waals surface area contributed by atoms with Crippen LogP contribution in [0.2, 0.25) is 5.02 Å². The number of aromatic nitrogens is 1. The van der Waals surface area contributed by atoms with Crippen molar-refractivity contribution in [3.8, 4) is 6.07 Å². The number of halogens is 1. The Morgan fingerprint density at radius 3 is 2.76 bits per heavy atom. The molecule has 1 fully saturated rings. The molecule has 2 rings (SSSR count). The van der Waals surface area contributed by atoms with Crippen LogP contribution in [0.15, 0.2) is 18.5 Å². The number of hydrogen-bond donors (Lipinski definition) is 0. The minimum Gasteiger partial charge on any atom is -0.336 e. The van der Waals surface area contributed by atoms with Crippen LogP contribution in [0.25, 0.3) is 0 Å². The third kappa shape index (κ3) is 3.72. The molecule has 0 N–H and O–H groups in total. The van der Waals surface area contributed by atoms with Gasteiger partial charge in [-0.1, -0.05) is 24.9 Å². The Bertz CT molecular complexity index is 535. The van der Waals surface area contributed by atoms with E-state index in [1.54, 1.807) is 17.2 Å². The molecule has 2 heterocycles. The van der Waals surface area contributed by atoms with Crippen molar-refractivity contribution in [1.29, 1.82) is 5.26 Å². The van der Waals surface area contributed by atoms with Crippen molar-refractivity contribution in [3.05, 3.63) is 29.0 Å². The van der Waals surface area contributed by atoms with Gasteiger partial charge in [-0.3, -0.25) is 14.7 Å². The SMILES string of the molecule is CCCC(C#N)N1CCN(C(=O)c2ccncc2Cl)CC1. The van der Waals surface area contributed by atoms with Gasteiger partial charge in [0.1, 0.15) is 0 Å². The van der Waals surface area contributed by atoms with Gasteiger partial charge in [-0.05, 0) is 12.5 Å². The molecule has 0 spiro atoms. The Hall–Kier alpha value is -1.64. The molecule has 1 aliphatic rings. The van der Waals surface area contributed by atoms with Crippen molar-refractivity contribution in [2.75, 3.05) is 26.2 Å². The third-order valence-corrected chi connectivity index (χ3v) is 4.06. The number of amides is 1. The fourth-order valence-corrected chi connectivity index (χ4v) is 2.76. The number of nitrogens with zero attached hydrogens (tertiary/aromatic N) is 4. The molecule has 0 saturated carbocycles. The number of carbonyl (C=O) groups excluding carboxylic acids is 1. The van der Waals surface area contributed by atoms with Crippen LogP contribution in [0.5, 0.6) is 0 Å². The molecule has 6 heteroatoms. The maximum Gasteiger partial charge on any atom is 0.255 e. The summed E-state index contributed by atoms with van der Waals surface area (Å²) < 4.78 is 0. The predicted molar refractivity (Wildman–Crippen MR) is 81.0 cm³/mol. The molecule has 1 saturated heterocycles. The molecule has 1 aromatic rings. The summed E-state index contributed by atoms with van der Waals surface area (Å²) in [5.41, 5.74) is 0.491. The summed E-state index contributed by atoms with van der Waals surface area (Å²) in [5.74, 6) is -0.0638. The largest absolute Gasteiger partial charge is 0.336 e. The minimum absolute atomic E-state index is 0.0447. The molecule has 21 heavy (non-hydrogen) atoms. The third-order valence-electron chi connectivity index (χ3n) is 3.76. The molecule has 1 unspecified atom stereocenters. The van der Waals surface area contributed by atoms with Crippen molar-refractivity contribution in [2.45, 2.75) is 25.8 Å². The van der Waals surface area contributed by atoms with E-state index in [2.05, 4.69) is 22.9 Å². The number of rotatable bonds is 4. The predicted octanol–water partition coefficient (Wildman–Crippen LogP) is 2.19. The fourth-order valence-electron chi connectivity index (χ4n) is 2.56. The second kappa shape index (κ2) is 7.39. The van der Waals surface area contributed by atoms with Crippen LogP contribution in [0.3, 0.4) is 0 Å².